The molecule has 2 aliphatic heterocycles. The normalized spacial score (nSPS) is 17.5. The van der Waals surface area contributed by atoms with Crippen LogP contribution in [0.3, 0.4) is 0 Å². The number of aromatic nitrogens is 2. The SMILES string of the molecule is CCCCCCCCCCCCN1C(=O)C(=Cc2c(N3CCCCC3)nc3ccccn3c2=O)SC1=S. The highest BCUT2D eigenvalue weighted by atomic mass is 32.2. The van der Waals surface area contributed by atoms with E-state index in [-0.39, 0.29) is 11.5 Å². The first-order valence-corrected chi connectivity index (χ1v) is 15.3. The molecule has 200 valence electrons. The standard InChI is InChI=1S/C29H40N4O2S2/c1-2-3-4-5-6-7-8-9-10-15-21-33-28(35)24(37-29(33)36)22-23-26(31-18-13-11-14-19-31)30-25-17-12-16-20-32(25)27(23)34/h12,16-17,20,22H,2-11,13-15,18-19,21H2,1H3. The van der Waals surface area contributed by atoms with E-state index < -0.39 is 0 Å². The molecule has 2 saturated heterocycles. The molecule has 4 rings (SSSR count). The molecule has 2 aromatic heterocycles. The van der Waals surface area contributed by atoms with Gasteiger partial charge in [0.25, 0.3) is 11.5 Å². The number of rotatable bonds is 13. The summed E-state index contributed by atoms with van der Waals surface area (Å²) in [6.07, 6.45) is 19.4. The second kappa shape index (κ2) is 14.1. The lowest BCUT2D eigenvalue weighted by Crippen LogP contribution is -2.33. The second-order valence-electron chi connectivity index (χ2n) is 10.1. The highest BCUT2D eigenvalue weighted by Gasteiger charge is 2.32. The first-order chi connectivity index (χ1) is 18.1. The maximum atomic E-state index is 13.5. The summed E-state index contributed by atoms with van der Waals surface area (Å²) in [5.41, 5.74) is 0.954. The van der Waals surface area contributed by atoms with Crippen molar-refractivity contribution in [1.82, 2.24) is 14.3 Å². The molecule has 0 N–H and O–H groups in total. The smallest absolute Gasteiger partial charge is 0.267 e. The fourth-order valence-electron chi connectivity index (χ4n) is 5.15. The van der Waals surface area contributed by atoms with Crippen LogP contribution in [0.5, 0.6) is 0 Å². The molecular weight excluding hydrogens is 500 g/mol. The van der Waals surface area contributed by atoms with Crippen LogP contribution >= 0.6 is 24.0 Å². The van der Waals surface area contributed by atoms with Gasteiger partial charge >= 0.3 is 0 Å². The summed E-state index contributed by atoms with van der Waals surface area (Å²) < 4.78 is 2.14. The summed E-state index contributed by atoms with van der Waals surface area (Å²) >= 11 is 6.87. The number of pyridine rings is 1. The van der Waals surface area contributed by atoms with Crippen LogP contribution in [-0.2, 0) is 4.79 Å². The van der Waals surface area contributed by atoms with Crippen molar-refractivity contribution in [3.8, 4) is 0 Å². The van der Waals surface area contributed by atoms with Gasteiger partial charge < -0.3 is 4.90 Å². The van der Waals surface area contributed by atoms with Gasteiger partial charge in [0.05, 0.1) is 10.5 Å². The Hall–Kier alpha value is -2.19. The zero-order valence-corrected chi connectivity index (χ0v) is 23.8. The Labute approximate surface area is 230 Å². The van der Waals surface area contributed by atoms with E-state index in [4.69, 9.17) is 17.2 Å². The molecule has 0 aromatic carbocycles. The maximum Gasteiger partial charge on any atom is 0.267 e. The van der Waals surface area contributed by atoms with Crippen LogP contribution in [0, 0.1) is 0 Å². The number of unbranched alkanes of at least 4 members (excludes halogenated alkanes) is 9. The average molecular weight is 541 g/mol. The van der Waals surface area contributed by atoms with Crippen molar-refractivity contribution in [3.05, 3.63) is 45.2 Å². The van der Waals surface area contributed by atoms with E-state index in [0.29, 0.717) is 32.8 Å². The van der Waals surface area contributed by atoms with Crippen molar-refractivity contribution >= 4 is 51.7 Å². The van der Waals surface area contributed by atoms with Gasteiger partial charge in [-0.05, 0) is 43.9 Å². The van der Waals surface area contributed by atoms with Crippen LogP contribution in [0.15, 0.2) is 34.1 Å². The van der Waals surface area contributed by atoms with Gasteiger partial charge in [0.2, 0.25) is 0 Å². The minimum Gasteiger partial charge on any atom is -0.356 e. The predicted molar refractivity (Wildman–Crippen MR) is 159 cm³/mol. The number of anilines is 1. The largest absolute Gasteiger partial charge is 0.356 e. The Morgan fingerprint density at radius 2 is 1.62 bits per heavy atom. The van der Waals surface area contributed by atoms with Crippen molar-refractivity contribution in [2.75, 3.05) is 24.5 Å². The number of hydrogen-bond acceptors (Lipinski definition) is 6. The van der Waals surface area contributed by atoms with Crippen LogP contribution in [-0.4, -0.2) is 44.1 Å². The Morgan fingerprint density at radius 3 is 2.32 bits per heavy atom. The molecule has 0 saturated carbocycles. The number of amides is 1. The second-order valence-corrected chi connectivity index (χ2v) is 11.8. The van der Waals surface area contributed by atoms with Gasteiger partial charge in [-0.25, -0.2) is 4.98 Å². The van der Waals surface area contributed by atoms with Crippen LogP contribution in [0.4, 0.5) is 5.82 Å². The molecule has 8 heteroatoms. The average Bonchev–Trinajstić information content (AvgIpc) is 3.19. The van der Waals surface area contributed by atoms with E-state index in [1.807, 2.05) is 18.2 Å². The Bertz CT molecular complexity index is 1170. The van der Waals surface area contributed by atoms with E-state index in [0.717, 1.165) is 38.8 Å². The van der Waals surface area contributed by atoms with E-state index in [2.05, 4.69) is 11.8 Å². The molecule has 0 radical (unpaired) electrons. The number of thiocarbonyl (C=S) groups is 1. The molecule has 37 heavy (non-hydrogen) atoms. The molecule has 0 spiro atoms. The summed E-state index contributed by atoms with van der Waals surface area (Å²) in [7, 11) is 0. The molecule has 0 aliphatic carbocycles. The van der Waals surface area contributed by atoms with Gasteiger partial charge in [0.15, 0.2) is 0 Å². The van der Waals surface area contributed by atoms with Gasteiger partial charge in [0.1, 0.15) is 15.8 Å². The number of carbonyl (C=O) groups is 1. The van der Waals surface area contributed by atoms with Gasteiger partial charge in [-0.1, -0.05) is 94.8 Å². The lowest BCUT2D eigenvalue weighted by Gasteiger charge is -2.29. The lowest BCUT2D eigenvalue weighted by atomic mass is 10.1. The highest BCUT2D eigenvalue weighted by Crippen LogP contribution is 2.34. The monoisotopic (exact) mass is 540 g/mol. The van der Waals surface area contributed by atoms with E-state index in [9.17, 15) is 9.59 Å². The first-order valence-electron chi connectivity index (χ1n) is 14.1. The number of carbonyl (C=O) groups excluding carboxylic acids is 1. The maximum absolute atomic E-state index is 13.5. The predicted octanol–water partition coefficient (Wildman–Crippen LogP) is 6.81. The minimum atomic E-state index is -0.147. The van der Waals surface area contributed by atoms with Crippen molar-refractivity contribution in [3.63, 3.8) is 0 Å². The minimum absolute atomic E-state index is 0.0897. The number of hydrogen-bond donors (Lipinski definition) is 0. The summed E-state index contributed by atoms with van der Waals surface area (Å²) in [4.78, 5) is 36.1. The van der Waals surface area contributed by atoms with Gasteiger partial charge in [-0.3, -0.25) is 18.9 Å². The Morgan fingerprint density at radius 1 is 0.946 bits per heavy atom. The summed E-state index contributed by atoms with van der Waals surface area (Å²) in [5.74, 6) is 0.587. The molecule has 2 aliphatic rings. The van der Waals surface area contributed by atoms with Crippen LogP contribution in [0.25, 0.3) is 11.7 Å². The summed E-state index contributed by atoms with van der Waals surface area (Å²) in [6.45, 7) is 4.64. The number of thioether (sulfide) groups is 1. The summed E-state index contributed by atoms with van der Waals surface area (Å²) in [6, 6.07) is 5.57. The van der Waals surface area contributed by atoms with Gasteiger partial charge in [-0.2, -0.15) is 0 Å². The van der Waals surface area contributed by atoms with Gasteiger partial charge in [-0.15, -0.1) is 0 Å². The fourth-order valence-corrected chi connectivity index (χ4v) is 6.44. The third-order valence-corrected chi connectivity index (χ3v) is 8.67. The van der Waals surface area contributed by atoms with Gasteiger partial charge in [0, 0.05) is 25.8 Å². The third kappa shape index (κ3) is 7.23. The molecule has 6 nitrogen and oxygen atoms in total. The topological polar surface area (TPSA) is 57.9 Å². The van der Waals surface area contributed by atoms with Crippen molar-refractivity contribution in [2.45, 2.75) is 90.4 Å². The molecule has 2 aromatic rings. The fraction of sp³-hybridized carbons (Fsp3) is 0.586. The van der Waals surface area contributed by atoms with Crippen molar-refractivity contribution in [1.29, 1.82) is 0 Å². The van der Waals surface area contributed by atoms with Crippen LogP contribution < -0.4 is 10.5 Å². The molecule has 1 amide bonds. The molecule has 0 bridgehead atoms. The molecule has 4 heterocycles. The van der Waals surface area contributed by atoms with E-state index in [1.54, 1.807) is 21.6 Å². The Balaban J connectivity index is 1.40. The number of fused-ring (bicyclic) bond motifs is 1. The third-order valence-electron chi connectivity index (χ3n) is 7.29. The zero-order valence-electron chi connectivity index (χ0n) is 22.1. The molecule has 0 unspecified atom stereocenters. The van der Waals surface area contributed by atoms with Crippen LogP contribution in [0.1, 0.15) is 96.0 Å². The number of piperidine rings is 1. The van der Waals surface area contributed by atoms with Crippen molar-refractivity contribution in [2.24, 2.45) is 0 Å². The van der Waals surface area contributed by atoms with E-state index in [1.165, 1.54) is 69.5 Å². The highest BCUT2D eigenvalue weighted by molar-refractivity contribution is 8.26. The Kier molecular flexibility index (Phi) is 10.6. The van der Waals surface area contributed by atoms with Crippen molar-refractivity contribution < 1.29 is 4.79 Å². The quantitative estimate of drug-likeness (QED) is 0.158. The van der Waals surface area contributed by atoms with E-state index >= 15 is 0 Å². The van der Waals surface area contributed by atoms with Crippen LogP contribution in [0.2, 0.25) is 0 Å². The summed E-state index contributed by atoms with van der Waals surface area (Å²) in [5, 5.41) is 0. The molecular formula is C29H40N4O2S2. The number of nitrogens with zero attached hydrogens (tertiary/aromatic N) is 4. The zero-order chi connectivity index (χ0) is 26.0. The first kappa shape index (κ1) is 27.8. The molecule has 2 fully saturated rings. The molecule has 0 atom stereocenters. The lowest BCUT2D eigenvalue weighted by molar-refractivity contribution is -0.122.